The molecule has 0 aliphatic carbocycles. The number of ether oxygens (including phenoxy) is 1. The smallest absolute Gasteiger partial charge is 0.251 e. The second kappa shape index (κ2) is 12.5. The minimum absolute atomic E-state index is 0. The monoisotopic (exact) mass is 566 g/mol. The first-order valence-corrected chi connectivity index (χ1v) is 11.8. The van der Waals surface area contributed by atoms with Crippen LogP contribution < -0.4 is 10.0 Å². The third-order valence-electron chi connectivity index (χ3n) is 5.04. The Morgan fingerprint density at radius 3 is 2.65 bits per heavy atom. The van der Waals surface area contributed by atoms with Gasteiger partial charge >= 0.3 is 0 Å². The van der Waals surface area contributed by atoms with E-state index in [-0.39, 0.29) is 47.4 Å². The number of rotatable bonds is 7. The third-order valence-corrected chi connectivity index (χ3v) is 6.49. The molecule has 1 amide bonds. The van der Waals surface area contributed by atoms with Gasteiger partial charge in [-0.2, -0.15) is 0 Å². The minimum Gasteiger partial charge on any atom is -0.368 e. The highest BCUT2D eigenvalue weighted by Gasteiger charge is 2.30. The van der Waals surface area contributed by atoms with Gasteiger partial charge in [0.1, 0.15) is 11.0 Å². The maximum Gasteiger partial charge on any atom is 0.251 e. The van der Waals surface area contributed by atoms with E-state index in [1.165, 1.54) is 18.5 Å². The van der Waals surface area contributed by atoms with E-state index in [2.05, 4.69) is 24.9 Å². The average Bonchev–Trinajstić information content (AvgIpc) is 3.31. The number of aromatic nitrogens is 1. The number of pyridine rings is 1. The fourth-order valence-electron chi connectivity index (χ4n) is 3.47. The van der Waals surface area contributed by atoms with Crippen LogP contribution in [0.25, 0.3) is 0 Å². The van der Waals surface area contributed by atoms with Crippen molar-refractivity contribution in [3.05, 3.63) is 24.5 Å². The molecule has 174 valence electrons. The summed E-state index contributed by atoms with van der Waals surface area (Å²) in [5, 5.41) is 3.24. The summed E-state index contributed by atoms with van der Waals surface area (Å²) < 4.78 is 32.5. The van der Waals surface area contributed by atoms with Crippen molar-refractivity contribution in [3.8, 4) is 0 Å². The maximum atomic E-state index is 12.5. The summed E-state index contributed by atoms with van der Waals surface area (Å²) in [6.45, 7) is 6.43. The number of amides is 1. The van der Waals surface area contributed by atoms with Crippen LogP contribution in [-0.4, -0.2) is 93.6 Å². The number of hydrogen-bond acceptors (Lipinski definition) is 6. The van der Waals surface area contributed by atoms with E-state index in [1.54, 1.807) is 6.07 Å². The molecule has 2 N–H and O–H groups in total. The average molecular weight is 566 g/mol. The van der Waals surface area contributed by atoms with Crippen LogP contribution in [0.4, 0.5) is 0 Å². The van der Waals surface area contributed by atoms with Gasteiger partial charge in [0.25, 0.3) is 5.91 Å². The number of carbonyl (C=O) groups is 1. The molecule has 1 atom stereocenters. The van der Waals surface area contributed by atoms with Gasteiger partial charge in [-0.05, 0) is 31.9 Å². The van der Waals surface area contributed by atoms with E-state index in [0.29, 0.717) is 45.9 Å². The van der Waals surface area contributed by atoms with Gasteiger partial charge in [0.05, 0.1) is 6.54 Å². The van der Waals surface area contributed by atoms with Crippen LogP contribution in [0, 0.1) is 0 Å². The van der Waals surface area contributed by atoms with E-state index >= 15 is 0 Å². The van der Waals surface area contributed by atoms with E-state index in [4.69, 9.17) is 4.74 Å². The lowest BCUT2D eigenvalue weighted by molar-refractivity contribution is -0.142. The van der Waals surface area contributed by atoms with E-state index in [1.807, 2.05) is 11.8 Å². The third kappa shape index (κ3) is 7.26. The highest BCUT2D eigenvalue weighted by Crippen LogP contribution is 2.16. The Hall–Kier alpha value is -1.51. The lowest BCUT2D eigenvalue weighted by Crippen LogP contribution is -2.55. The number of sulfonamides is 1. The topological polar surface area (TPSA) is 116 Å². The van der Waals surface area contributed by atoms with Gasteiger partial charge in [-0.1, -0.05) is 0 Å². The Bertz CT molecular complexity index is 825. The van der Waals surface area contributed by atoms with Crippen molar-refractivity contribution in [2.24, 2.45) is 4.99 Å². The summed E-state index contributed by atoms with van der Waals surface area (Å²) >= 11 is 0. The zero-order valence-electron chi connectivity index (χ0n) is 17.7. The first-order chi connectivity index (χ1) is 14.5. The molecule has 12 heteroatoms. The summed E-state index contributed by atoms with van der Waals surface area (Å²) in [5.74, 6) is 0.807. The fraction of sp³-hybridized carbons (Fsp3) is 0.632. The molecule has 31 heavy (non-hydrogen) atoms. The van der Waals surface area contributed by atoms with E-state index < -0.39 is 10.0 Å². The molecule has 1 unspecified atom stereocenters. The summed E-state index contributed by atoms with van der Waals surface area (Å²) in [7, 11) is -3.59. The number of hydrogen-bond donors (Lipinski definition) is 2. The molecule has 1 aromatic rings. The molecule has 10 nitrogen and oxygen atoms in total. The standard InChI is InChI=1S/C19H30N6O4S.HI/c1-2-21-19(22-8-9-23-30(27,28)16-5-3-7-20-15-16)25-12-10-24(11-13-25)18(26)17-6-4-14-29-17;/h3,5,7,15,17,23H,2,4,6,8-14H2,1H3,(H,21,22);1H. The molecule has 2 aliphatic rings. The quantitative estimate of drug-likeness (QED) is 0.211. The zero-order valence-corrected chi connectivity index (χ0v) is 20.8. The molecule has 0 spiro atoms. The lowest BCUT2D eigenvalue weighted by atomic mass is 10.2. The number of halogens is 1. The van der Waals surface area contributed by atoms with E-state index in [9.17, 15) is 13.2 Å². The van der Waals surface area contributed by atoms with Crippen molar-refractivity contribution < 1.29 is 17.9 Å². The normalized spacial score (nSPS) is 19.8. The molecule has 0 radical (unpaired) electrons. The minimum atomic E-state index is -3.59. The molecular formula is C19H31IN6O4S. The largest absolute Gasteiger partial charge is 0.368 e. The van der Waals surface area contributed by atoms with Crippen molar-refractivity contribution >= 4 is 45.9 Å². The molecule has 0 bridgehead atoms. The van der Waals surface area contributed by atoms with Gasteiger partial charge in [-0.3, -0.25) is 14.8 Å². The van der Waals surface area contributed by atoms with Crippen LogP contribution in [0.1, 0.15) is 19.8 Å². The van der Waals surface area contributed by atoms with Crippen molar-refractivity contribution in [1.82, 2.24) is 24.8 Å². The summed E-state index contributed by atoms with van der Waals surface area (Å²) in [6, 6.07) is 3.08. The number of aliphatic imine (C=N–C) groups is 1. The molecule has 1 aromatic heterocycles. The molecular weight excluding hydrogens is 535 g/mol. The molecule has 2 saturated heterocycles. The molecule has 3 heterocycles. The predicted molar refractivity (Wildman–Crippen MR) is 128 cm³/mol. The van der Waals surface area contributed by atoms with Gasteiger partial charge in [-0.25, -0.2) is 13.1 Å². The fourth-order valence-corrected chi connectivity index (χ4v) is 4.46. The van der Waals surface area contributed by atoms with Crippen molar-refractivity contribution in [1.29, 1.82) is 0 Å². The van der Waals surface area contributed by atoms with Gasteiger partial charge in [-0.15, -0.1) is 24.0 Å². The van der Waals surface area contributed by atoms with Crippen LogP contribution in [0.15, 0.2) is 34.4 Å². The number of guanidine groups is 1. The maximum absolute atomic E-state index is 12.5. The lowest BCUT2D eigenvalue weighted by Gasteiger charge is -2.37. The summed E-state index contributed by atoms with van der Waals surface area (Å²) in [4.78, 5) is 25.0. The second-order valence-electron chi connectivity index (χ2n) is 7.14. The summed E-state index contributed by atoms with van der Waals surface area (Å²) in [6.07, 6.45) is 4.30. The number of nitrogens with zero attached hydrogens (tertiary/aromatic N) is 4. The first-order valence-electron chi connectivity index (χ1n) is 10.3. The number of piperazine rings is 1. The summed E-state index contributed by atoms with van der Waals surface area (Å²) in [5.41, 5.74) is 0. The Balaban J connectivity index is 0.00000341. The van der Waals surface area contributed by atoms with Gasteiger partial charge < -0.3 is 19.9 Å². The number of carbonyl (C=O) groups excluding carboxylic acids is 1. The highest BCUT2D eigenvalue weighted by atomic mass is 127. The van der Waals surface area contributed by atoms with Crippen LogP contribution >= 0.6 is 24.0 Å². The van der Waals surface area contributed by atoms with Gasteiger partial charge in [0, 0.05) is 58.3 Å². The predicted octanol–water partition coefficient (Wildman–Crippen LogP) is 0.267. The molecule has 0 saturated carbocycles. The van der Waals surface area contributed by atoms with Crippen LogP contribution in [-0.2, 0) is 19.6 Å². The SMILES string of the molecule is CCNC(=NCCNS(=O)(=O)c1cccnc1)N1CCN(C(=O)C2CCCO2)CC1.I. The Morgan fingerprint density at radius 2 is 2.03 bits per heavy atom. The molecule has 0 aromatic carbocycles. The van der Waals surface area contributed by atoms with E-state index in [0.717, 1.165) is 18.8 Å². The molecule has 2 fully saturated rings. The second-order valence-corrected chi connectivity index (χ2v) is 8.90. The molecule has 2 aliphatic heterocycles. The Morgan fingerprint density at radius 1 is 1.29 bits per heavy atom. The number of nitrogens with one attached hydrogen (secondary N) is 2. The van der Waals surface area contributed by atoms with Crippen molar-refractivity contribution in [3.63, 3.8) is 0 Å². The van der Waals surface area contributed by atoms with Crippen LogP contribution in [0.2, 0.25) is 0 Å². The van der Waals surface area contributed by atoms with Crippen molar-refractivity contribution in [2.75, 3.05) is 52.4 Å². The Labute approximate surface area is 200 Å². The van der Waals surface area contributed by atoms with Crippen LogP contribution in [0.3, 0.4) is 0 Å². The zero-order chi connectivity index (χ0) is 21.4. The van der Waals surface area contributed by atoms with Crippen LogP contribution in [0.5, 0.6) is 0 Å². The first kappa shape index (κ1) is 25.7. The Kier molecular flexibility index (Phi) is 10.4. The van der Waals surface area contributed by atoms with Gasteiger partial charge in [0.2, 0.25) is 10.0 Å². The van der Waals surface area contributed by atoms with Crippen molar-refractivity contribution in [2.45, 2.75) is 30.8 Å². The van der Waals surface area contributed by atoms with Gasteiger partial charge in [0.15, 0.2) is 5.96 Å². The molecule has 3 rings (SSSR count). The highest BCUT2D eigenvalue weighted by molar-refractivity contribution is 14.0.